The first-order valence-electron chi connectivity index (χ1n) is 12.4. The molecule has 3 heterocycles. The number of piperazine rings is 1. The van der Waals surface area contributed by atoms with E-state index in [2.05, 4.69) is 21.9 Å². The van der Waals surface area contributed by atoms with Crippen LogP contribution < -0.4 is 4.74 Å². The molecule has 2 fully saturated rings. The van der Waals surface area contributed by atoms with Gasteiger partial charge in [-0.05, 0) is 51.1 Å². The lowest BCUT2D eigenvalue weighted by Gasteiger charge is -2.36. The third kappa shape index (κ3) is 5.95. The highest BCUT2D eigenvalue weighted by Crippen LogP contribution is 2.31. The summed E-state index contributed by atoms with van der Waals surface area (Å²) in [5.41, 5.74) is 3.98. The number of methoxy groups -OCH3 is 2. The summed E-state index contributed by atoms with van der Waals surface area (Å²) in [5.74, 6) is 1.39. The van der Waals surface area contributed by atoms with E-state index < -0.39 is 0 Å². The highest BCUT2D eigenvalue weighted by Gasteiger charge is 2.29. The molecular formula is C27H38N4O3. The van der Waals surface area contributed by atoms with Crippen LogP contribution in [0.25, 0.3) is 0 Å². The monoisotopic (exact) mass is 466 g/mol. The van der Waals surface area contributed by atoms with E-state index in [1.165, 1.54) is 5.56 Å². The molecule has 2 aromatic rings. The van der Waals surface area contributed by atoms with Gasteiger partial charge in [-0.2, -0.15) is 0 Å². The molecule has 34 heavy (non-hydrogen) atoms. The zero-order chi connectivity index (χ0) is 23.9. The van der Waals surface area contributed by atoms with Crippen molar-refractivity contribution in [1.29, 1.82) is 0 Å². The number of hydrogen-bond acceptors (Lipinski definition) is 6. The molecule has 2 aliphatic heterocycles. The lowest BCUT2D eigenvalue weighted by atomic mass is 9.89. The highest BCUT2D eigenvalue weighted by molar-refractivity contribution is 5.95. The van der Waals surface area contributed by atoms with Crippen molar-refractivity contribution in [3.63, 3.8) is 0 Å². The molecule has 0 unspecified atom stereocenters. The number of para-hydroxylation sites is 1. The van der Waals surface area contributed by atoms with Crippen LogP contribution in [-0.2, 0) is 11.3 Å². The third-order valence-corrected chi connectivity index (χ3v) is 7.13. The number of rotatable bonds is 8. The predicted octanol–water partition coefficient (Wildman–Crippen LogP) is 3.18. The van der Waals surface area contributed by atoms with Gasteiger partial charge in [-0.15, -0.1) is 0 Å². The van der Waals surface area contributed by atoms with Crippen molar-refractivity contribution >= 4 is 5.91 Å². The lowest BCUT2D eigenvalue weighted by molar-refractivity contribution is 0.0591. The van der Waals surface area contributed by atoms with Gasteiger partial charge in [-0.1, -0.05) is 18.2 Å². The Morgan fingerprint density at radius 3 is 2.41 bits per heavy atom. The predicted molar refractivity (Wildman–Crippen MR) is 133 cm³/mol. The summed E-state index contributed by atoms with van der Waals surface area (Å²) in [4.78, 5) is 25.2. The van der Waals surface area contributed by atoms with Gasteiger partial charge in [0.2, 0.25) is 0 Å². The summed E-state index contributed by atoms with van der Waals surface area (Å²) in [6.07, 6.45) is 2.02. The lowest BCUT2D eigenvalue weighted by Crippen LogP contribution is -2.49. The summed E-state index contributed by atoms with van der Waals surface area (Å²) in [6.45, 7) is 9.84. The van der Waals surface area contributed by atoms with E-state index in [0.717, 1.165) is 94.5 Å². The molecule has 0 atom stereocenters. The van der Waals surface area contributed by atoms with Crippen molar-refractivity contribution in [2.45, 2.75) is 32.2 Å². The van der Waals surface area contributed by atoms with Crippen LogP contribution >= 0.6 is 0 Å². The molecule has 0 spiro atoms. The Labute approximate surface area is 203 Å². The number of amides is 1. The Morgan fingerprint density at radius 1 is 0.971 bits per heavy atom. The molecule has 0 aliphatic carbocycles. The summed E-state index contributed by atoms with van der Waals surface area (Å²) in [6, 6.07) is 12.2. The summed E-state index contributed by atoms with van der Waals surface area (Å²) in [5, 5.41) is 0. The fourth-order valence-corrected chi connectivity index (χ4v) is 5.07. The van der Waals surface area contributed by atoms with E-state index in [4.69, 9.17) is 14.5 Å². The Balaban J connectivity index is 1.39. The molecule has 7 nitrogen and oxygen atoms in total. The Kier molecular flexibility index (Phi) is 8.53. The molecule has 0 bridgehead atoms. The van der Waals surface area contributed by atoms with Crippen molar-refractivity contribution < 1.29 is 14.3 Å². The van der Waals surface area contributed by atoms with Gasteiger partial charge < -0.3 is 14.4 Å². The zero-order valence-electron chi connectivity index (χ0n) is 20.8. The van der Waals surface area contributed by atoms with Crippen LogP contribution in [0, 0.1) is 6.92 Å². The maximum absolute atomic E-state index is 13.5. The van der Waals surface area contributed by atoms with Crippen molar-refractivity contribution in [3.05, 3.63) is 58.9 Å². The van der Waals surface area contributed by atoms with Crippen molar-refractivity contribution in [2.75, 3.05) is 66.6 Å². The van der Waals surface area contributed by atoms with Gasteiger partial charge >= 0.3 is 0 Å². The minimum Gasteiger partial charge on any atom is -0.496 e. The van der Waals surface area contributed by atoms with Crippen molar-refractivity contribution in [3.8, 4) is 5.75 Å². The first kappa shape index (κ1) is 24.6. The molecule has 1 aromatic carbocycles. The SMILES string of the molecule is COCCN1CCN(C(=O)c2ccc(C)nc2C2CCN(Cc3ccccc3OC)CC2)CC1. The Morgan fingerprint density at radius 2 is 1.71 bits per heavy atom. The minimum atomic E-state index is 0.130. The number of likely N-dealkylation sites (tertiary alicyclic amines) is 1. The number of nitrogens with zero attached hydrogens (tertiary/aromatic N) is 4. The van der Waals surface area contributed by atoms with Gasteiger partial charge in [0, 0.05) is 63.6 Å². The number of piperidine rings is 1. The number of benzene rings is 1. The van der Waals surface area contributed by atoms with Gasteiger partial charge in [-0.25, -0.2) is 0 Å². The molecule has 1 amide bonds. The van der Waals surface area contributed by atoms with Gasteiger partial charge in [0.1, 0.15) is 5.75 Å². The average molecular weight is 467 g/mol. The van der Waals surface area contributed by atoms with Crippen LogP contribution in [-0.4, -0.2) is 92.2 Å². The van der Waals surface area contributed by atoms with E-state index in [9.17, 15) is 4.79 Å². The number of aryl methyl sites for hydroxylation is 1. The second-order valence-corrected chi connectivity index (χ2v) is 9.37. The maximum Gasteiger partial charge on any atom is 0.255 e. The van der Waals surface area contributed by atoms with E-state index in [1.54, 1.807) is 14.2 Å². The van der Waals surface area contributed by atoms with Gasteiger partial charge in [0.05, 0.1) is 25.0 Å². The first-order valence-corrected chi connectivity index (χ1v) is 12.4. The minimum absolute atomic E-state index is 0.130. The maximum atomic E-state index is 13.5. The average Bonchev–Trinajstić information content (AvgIpc) is 2.88. The Bertz CT molecular complexity index is 951. The molecule has 2 aliphatic rings. The van der Waals surface area contributed by atoms with Crippen LogP contribution in [0.4, 0.5) is 0 Å². The zero-order valence-corrected chi connectivity index (χ0v) is 20.8. The number of hydrogen-bond donors (Lipinski definition) is 0. The molecule has 0 radical (unpaired) electrons. The molecule has 7 heteroatoms. The second kappa shape index (κ2) is 11.8. The van der Waals surface area contributed by atoms with Gasteiger partial charge in [0.25, 0.3) is 5.91 Å². The van der Waals surface area contributed by atoms with E-state index in [1.807, 2.05) is 36.1 Å². The smallest absolute Gasteiger partial charge is 0.255 e. The van der Waals surface area contributed by atoms with Gasteiger partial charge in [-0.3, -0.25) is 19.6 Å². The standard InChI is InChI=1S/C27H38N4O3/c1-21-8-9-24(27(32)31-16-14-29(15-17-31)18-19-33-2)26(28-21)22-10-12-30(13-11-22)20-23-6-4-5-7-25(23)34-3/h4-9,22H,10-20H2,1-3H3. The quantitative estimate of drug-likeness (QED) is 0.596. The molecule has 2 saturated heterocycles. The van der Waals surface area contributed by atoms with Crippen LogP contribution in [0.15, 0.2) is 36.4 Å². The second-order valence-electron chi connectivity index (χ2n) is 9.37. The number of ether oxygens (including phenoxy) is 2. The summed E-state index contributed by atoms with van der Waals surface area (Å²) < 4.78 is 10.7. The van der Waals surface area contributed by atoms with Crippen molar-refractivity contribution in [1.82, 2.24) is 19.7 Å². The van der Waals surface area contributed by atoms with E-state index in [-0.39, 0.29) is 5.91 Å². The molecule has 0 saturated carbocycles. The molecule has 184 valence electrons. The first-order chi connectivity index (χ1) is 16.6. The van der Waals surface area contributed by atoms with E-state index >= 15 is 0 Å². The fraction of sp³-hybridized carbons (Fsp3) is 0.556. The molecule has 0 N–H and O–H groups in total. The largest absolute Gasteiger partial charge is 0.496 e. The number of carbonyl (C=O) groups is 1. The fourth-order valence-electron chi connectivity index (χ4n) is 5.07. The number of carbonyl (C=O) groups excluding carboxylic acids is 1. The van der Waals surface area contributed by atoms with Crippen molar-refractivity contribution in [2.24, 2.45) is 0 Å². The number of aromatic nitrogens is 1. The summed E-state index contributed by atoms with van der Waals surface area (Å²) >= 11 is 0. The molecular weight excluding hydrogens is 428 g/mol. The van der Waals surface area contributed by atoms with Crippen LogP contribution in [0.5, 0.6) is 5.75 Å². The van der Waals surface area contributed by atoms with Gasteiger partial charge in [0.15, 0.2) is 0 Å². The van der Waals surface area contributed by atoms with Crippen LogP contribution in [0.3, 0.4) is 0 Å². The highest BCUT2D eigenvalue weighted by atomic mass is 16.5. The van der Waals surface area contributed by atoms with E-state index in [0.29, 0.717) is 5.92 Å². The molecule has 1 aromatic heterocycles. The topological polar surface area (TPSA) is 58.1 Å². The number of pyridine rings is 1. The normalized spacial score (nSPS) is 18.3. The van der Waals surface area contributed by atoms with Crippen LogP contribution in [0.1, 0.15) is 46.1 Å². The molecule has 4 rings (SSSR count). The summed E-state index contributed by atoms with van der Waals surface area (Å²) in [7, 11) is 3.46. The Hall–Kier alpha value is -2.48. The third-order valence-electron chi connectivity index (χ3n) is 7.13. The van der Waals surface area contributed by atoms with Crippen LogP contribution in [0.2, 0.25) is 0 Å².